The van der Waals surface area contributed by atoms with Crippen molar-refractivity contribution in [2.24, 2.45) is 21.9 Å². The zero-order valence-corrected chi connectivity index (χ0v) is 21.3. The van der Waals surface area contributed by atoms with Gasteiger partial charge >= 0.3 is 0 Å². The minimum atomic E-state index is -0.309. The summed E-state index contributed by atoms with van der Waals surface area (Å²) in [5.74, 6) is 5.28. The summed E-state index contributed by atoms with van der Waals surface area (Å²) in [7, 11) is 3.91. The lowest BCUT2D eigenvalue weighted by molar-refractivity contribution is 0.0935. The Morgan fingerprint density at radius 3 is 2.57 bits per heavy atom. The molecule has 2 aromatic carbocycles. The number of benzene rings is 2. The number of aromatic nitrogens is 1. The molecule has 0 aliphatic heterocycles. The normalized spacial score (nSPS) is 14.2. The van der Waals surface area contributed by atoms with Crippen LogP contribution in [0.5, 0.6) is 0 Å². The fraction of sp³-hybridized carbons (Fsp3) is 0.321. The van der Waals surface area contributed by atoms with E-state index in [2.05, 4.69) is 25.7 Å². The first kappa shape index (κ1) is 26.0. The minimum Gasteiger partial charge on any atom is -0.350 e. The number of aliphatic imine (C=N–C) groups is 1. The van der Waals surface area contributed by atoms with Crippen molar-refractivity contribution in [3.05, 3.63) is 71.5 Å². The van der Waals surface area contributed by atoms with Gasteiger partial charge in [-0.2, -0.15) is 5.10 Å². The van der Waals surface area contributed by atoms with Gasteiger partial charge in [0.15, 0.2) is 5.69 Å². The summed E-state index contributed by atoms with van der Waals surface area (Å²) in [4.78, 5) is 37.0. The van der Waals surface area contributed by atoms with Crippen molar-refractivity contribution in [2.75, 3.05) is 32.5 Å². The third-order valence-corrected chi connectivity index (χ3v) is 6.46. The molecule has 0 saturated heterocycles. The Morgan fingerprint density at radius 2 is 1.86 bits per heavy atom. The van der Waals surface area contributed by atoms with Crippen LogP contribution in [0.4, 0.5) is 5.69 Å². The lowest BCUT2D eigenvalue weighted by Gasteiger charge is -2.25. The van der Waals surface area contributed by atoms with E-state index < -0.39 is 0 Å². The van der Waals surface area contributed by atoms with Crippen LogP contribution in [-0.2, 0) is 6.54 Å². The molecule has 4 rings (SSSR count). The summed E-state index contributed by atoms with van der Waals surface area (Å²) in [6.45, 7) is 1.66. The Bertz CT molecular complexity index is 1330. The molecule has 0 radical (unpaired) electrons. The number of carbonyl (C=O) groups excluding carboxylic acids is 2. The molecule has 1 heterocycles. The summed E-state index contributed by atoms with van der Waals surface area (Å²) in [5.41, 5.74) is 2.83. The topological polar surface area (TPSA) is 125 Å². The number of amides is 2. The van der Waals surface area contributed by atoms with Gasteiger partial charge in [-0.3, -0.25) is 14.6 Å². The Balaban J connectivity index is 1.56. The average molecular weight is 500 g/mol. The van der Waals surface area contributed by atoms with Gasteiger partial charge in [0.1, 0.15) is 0 Å². The van der Waals surface area contributed by atoms with Crippen LogP contribution in [0.2, 0.25) is 0 Å². The van der Waals surface area contributed by atoms with Crippen LogP contribution in [0.25, 0.3) is 10.8 Å². The van der Waals surface area contributed by atoms with E-state index in [1.165, 1.54) is 6.42 Å². The van der Waals surface area contributed by atoms with Gasteiger partial charge in [0.05, 0.1) is 24.2 Å². The number of carbonyl (C=O) groups is 2. The molecule has 0 bridgehead atoms. The smallest absolute Gasteiger partial charge is 0.272 e. The number of nitrogens with two attached hydrogens (primary N) is 1. The lowest BCUT2D eigenvalue weighted by Crippen LogP contribution is -2.33. The predicted octanol–water partition coefficient (Wildman–Crippen LogP) is 3.46. The van der Waals surface area contributed by atoms with Crippen LogP contribution in [0.1, 0.15) is 45.7 Å². The standard InChI is InChI=1S/C28H33N7O2/c1-35(2)18-21(17-33-29)31-16-20-12-13-24(23-10-4-3-9-22(20)23)27(36)34-25-11-6-14-30-26(25)28(37)32-15-19-7-5-8-19/h3-4,6,9-14,17,19H,5,7-8,15-16,18,29H2,1-2H3,(H,32,37)(H,34,36). The molecule has 0 spiro atoms. The number of nitrogens with one attached hydrogen (secondary N) is 2. The molecule has 37 heavy (non-hydrogen) atoms. The van der Waals surface area contributed by atoms with Crippen molar-refractivity contribution in [3.63, 3.8) is 0 Å². The summed E-state index contributed by atoms with van der Waals surface area (Å²) in [6.07, 6.45) is 6.59. The maximum atomic E-state index is 13.4. The third kappa shape index (κ3) is 6.56. The molecule has 0 unspecified atom stereocenters. The zero-order chi connectivity index (χ0) is 26.2. The SMILES string of the molecule is CN(C)CC(C=NN)=NCc1ccc(C(=O)Nc2cccnc2C(=O)NCC2CCC2)c2ccccc12. The second kappa shape index (κ2) is 12.2. The van der Waals surface area contributed by atoms with Crippen molar-refractivity contribution >= 4 is 40.2 Å². The molecule has 4 N–H and O–H groups in total. The Labute approximate surface area is 216 Å². The number of fused-ring (bicyclic) bond motifs is 1. The van der Waals surface area contributed by atoms with Crippen LogP contribution in [0.3, 0.4) is 0 Å². The largest absolute Gasteiger partial charge is 0.350 e. The first-order valence-corrected chi connectivity index (χ1v) is 12.4. The Kier molecular flexibility index (Phi) is 8.58. The van der Waals surface area contributed by atoms with Crippen molar-refractivity contribution < 1.29 is 9.59 Å². The molecule has 192 valence electrons. The molecule has 0 atom stereocenters. The highest BCUT2D eigenvalue weighted by atomic mass is 16.2. The first-order chi connectivity index (χ1) is 18.0. The van der Waals surface area contributed by atoms with Crippen molar-refractivity contribution in [2.45, 2.75) is 25.8 Å². The highest BCUT2D eigenvalue weighted by molar-refractivity contribution is 6.31. The molecule has 3 aromatic rings. The molecule has 1 aliphatic rings. The third-order valence-electron chi connectivity index (χ3n) is 6.46. The van der Waals surface area contributed by atoms with Crippen molar-refractivity contribution in [1.82, 2.24) is 15.2 Å². The van der Waals surface area contributed by atoms with Crippen LogP contribution in [-0.4, -0.2) is 60.8 Å². The number of nitrogens with zero attached hydrogens (tertiary/aromatic N) is 4. The van der Waals surface area contributed by atoms with Gasteiger partial charge in [0, 0.05) is 24.8 Å². The number of hydrazone groups is 1. The number of anilines is 1. The van der Waals surface area contributed by atoms with E-state index in [4.69, 9.17) is 5.84 Å². The monoisotopic (exact) mass is 499 g/mol. The Morgan fingerprint density at radius 1 is 1.08 bits per heavy atom. The van der Waals surface area contributed by atoms with Crippen LogP contribution >= 0.6 is 0 Å². The summed E-state index contributed by atoms with van der Waals surface area (Å²) in [5, 5.41) is 11.2. The van der Waals surface area contributed by atoms with Gasteiger partial charge < -0.3 is 21.4 Å². The molecule has 9 heteroatoms. The Hall–Kier alpha value is -4.11. The van der Waals surface area contributed by atoms with E-state index in [1.54, 1.807) is 30.6 Å². The van der Waals surface area contributed by atoms with Crippen LogP contribution < -0.4 is 16.5 Å². The molecule has 9 nitrogen and oxygen atoms in total. The second-order valence-electron chi connectivity index (χ2n) is 9.50. The fourth-order valence-electron chi connectivity index (χ4n) is 4.32. The average Bonchev–Trinajstić information content (AvgIpc) is 2.86. The molecule has 1 fully saturated rings. The van der Waals surface area contributed by atoms with E-state index in [1.807, 2.05) is 49.3 Å². The zero-order valence-electron chi connectivity index (χ0n) is 21.3. The van der Waals surface area contributed by atoms with Crippen LogP contribution in [0, 0.1) is 5.92 Å². The van der Waals surface area contributed by atoms with E-state index >= 15 is 0 Å². The molecular formula is C28H33N7O2. The molecule has 2 amide bonds. The number of hydrogen-bond donors (Lipinski definition) is 3. The van der Waals surface area contributed by atoms with E-state index in [0.717, 1.165) is 34.9 Å². The van der Waals surface area contributed by atoms with Crippen molar-refractivity contribution in [3.8, 4) is 0 Å². The summed E-state index contributed by atoms with van der Waals surface area (Å²) >= 11 is 0. The highest BCUT2D eigenvalue weighted by Crippen LogP contribution is 2.26. The molecule has 1 aromatic heterocycles. The van der Waals surface area contributed by atoms with Gasteiger partial charge in [-0.05, 0) is 67.4 Å². The van der Waals surface area contributed by atoms with E-state index in [-0.39, 0.29) is 17.5 Å². The maximum absolute atomic E-state index is 13.4. The van der Waals surface area contributed by atoms with Crippen molar-refractivity contribution in [1.29, 1.82) is 0 Å². The van der Waals surface area contributed by atoms with E-state index in [9.17, 15) is 9.59 Å². The molecule has 1 saturated carbocycles. The fourth-order valence-corrected chi connectivity index (χ4v) is 4.32. The van der Waals surface area contributed by atoms with Crippen LogP contribution in [0.15, 0.2) is 64.8 Å². The minimum absolute atomic E-state index is 0.209. The molecular weight excluding hydrogens is 466 g/mol. The first-order valence-electron chi connectivity index (χ1n) is 12.4. The van der Waals surface area contributed by atoms with E-state index in [0.29, 0.717) is 36.8 Å². The number of hydrogen-bond acceptors (Lipinski definition) is 7. The maximum Gasteiger partial charge on any atom is 0.272 e. The van der Waals surface area contributed by atoms with Gasteiger partial charge in [0.25, 0.3) is 11.8 Å². The van der Waals surface area contributed by atoms with Gasteiger partial charge in [-0.25, -0.2) is 4.98 Å². The van der Waals surface area contributed by atoms with Gasteiger partial charge in [0.2, 0.25) is 0 Å². The number of pyridine rings is 1. The number of rotatable bonds is 10. The summed E-state index contributed by atoms with van der Waals surface area (Å²) in [6, 6.07) is 14.8. The molecule has 1 aliphatic carbocycles. The lowest BCUT2D eigenvalue weighted by atomic mass is 9.85. The highest BCUT2D eigenvalue weighted by Gasteiger charge is 2.21. The predicted molar refractivity (Wildman–Crippen MR) is 148 cm³/mol. The quantitative estimate of drug-likeness (QED) is 0.224. The van der Waals surface area contributed by atoms with Gasteiger partial charge in [-0.1, -0.05) is 36.8 Å². The summed E-state index contributed by atoms with van der Waals surface area (Å²) < 4.78 is 0. The second-order valence-corrected chi connectivity index (χ2v) is 9.50. The van der Waals surface area contributed by atoms with Gasteiger partial charge in [-0.15, -0.1) is 0 Å².